The number of anilines is 5. The van der Waals surface area contributed by atoms with Gasteiger partial charge in [0.2, 0.25) is 17.8 Å². The van der Waals surface area contributed by atoms with Crippen LogP contribution in [0.3, 0.4) is 0 Å². The van der Waals surface area contributed by atoms with E-state index >= 15 is 0 Å². The molecule has 0 fully saturated rings. The zero-order valence-corrected chi connectivity index (χ0v) is 40.6. The van der Waals surface area contributed by atoms with E-state index in [4.69, 9.17) is 46.9 Å². The molecule has 1 aromatic heterocycles. The lowest BCUT2D eigenvalue weighted by molar-refractivity contribution is 0.146. The zero-order valence-electron chi connectivity index (χ0n) is 36.6. The van der Waals surface area contributed by atoms with Crippen LogP contribution < -0.4 is 34.9 Å². The van der Waals surface area contributed by atoms with Crippen LogP contribution in [0.15, 0.2) is 121 Å². The third-order valence-corrected chi connectivity index (χ3v) is 12.1. The molecule has 0 unspecified atom stereocenters. The van der Waals surface area contributed by atoms with E-state index in [9.17, 15) is 38.9 Å². The average molecular weight is 1060 g/mol. The second-order valence-electron chi connectivity index (χ2n) is 14.0. The van der Waals surface area contributed by atoms with Gasteiger partial charge in [-0.3, -0.25) is 13.7 Å². The predicted molar refractivity (Wildman–Crippen MR) is 256 cm³/mol. The maximum atomic E-state index is 12.0. The predicted octanol–water partition coefficient (Wildman–Crippen LogP) is 8.91. The molecule has 0 amide bonds. The Labute approximate surface area is 410 Å². The number of methoxy groups -OCH3 is 3. The normalized spacial score (nSPS) is 12.0. The Morgan fingerprint density at radius 3 is 1.47 bits per heavy atom. The lowest BCUT2D eigenvalue weighted by Gasteiger charge is -2.17. The monoisotopic (exact) mass is 1060 g/mol. The quantitative estimate of drug-likeness (QED) is 0.0198. The molecule has 0 atom stereocenters. The van der Waals surface area contributed by atoms with Crippen LogP contribution in [0.1, 0.15) is 5.56 Å². The molecular formula is C41H40Cl2N10O14S3. The van der Waals surface area contributed by atoms with Gasteiger partial charge < -0.3 is 39.6 Å². The van der Waals surface area contributed by atoms with Gasteiger partial charge in [-0.2, -0.15) is 50.4 Å². The van der Waals surface area contributed by atoms with Gasteiger partial charge in [-0.1, -0.05) is 53.5 Å². The number of benzene rings is 5. The van der Waals surface area contributed by atoms with E-state index in [1.165, 1.54) is 69.9 Å². The largest absolute Gasteiger partial charge is 0.495 e. The molecule has 0 radical (unpaired) electrons. The summed E-state index contributed by atoms with van der Waals surface area (Å²) in [6.45, 7) is -0.0695. The third-order valence-electron chi connectivity index (χ3n) is 9.06. The Bertz CT molecular complexity index is 3270. The smallest absolute Gasteiger partial charge is 0.298 e. The first-order chi connectivity index (χ1) is 33.2. The van der Waals surface area contributed by atoms with Gasteiger partial charge in [0.15, 0.2) is 0 Å². The number of hydrogen-bond donors (Lipinski definition) is 6. The number of azo groups is 2. The number of nitrogens with one attached hydrogen (secondary N) is 3. The number of aromatic nitrogens is 3. The Morgan fingerprint density at radius 1 is 0.557 bits per heavy atom. The van der Waals surface area contributed by atoms with Crippen molar-refractivity contribution in [1.82, 2.24) is 15.0 Å². The van der Waals surface area contributed by atoms with Gasteiger partial charge in [-0.05, 0) is 54.1 Å². The minimum atomic E-state index is -4.72. The SMILES string of the molecule is COCCOc1cc(N=Nc2ccc(OC)c(S(=O)(=O)O)c2)c(Cl)cc1Nc1nc(NCc2ccccc2)nc(Nc2cc(Cl)c(N=Nc3ccc(OC)c(S(=O)(=O)O)c3)cc2OCCS(=O)(=O)O)n1. The molecule has 0 spiro atoms. The standard InChI is InChI=1S/C41H40Cl2N10O14S3/c1-63-13-14-66-35-21-29(52-50-25-9-11-33(64-2)37(17-25)69(57,58)59)27(42)19-31(35)45-40-47-39(44-23-24-7-5-4-6-8-24)48-41(49-40)46-32-20-28(43)30(22-36(32)67-15-16-68(54,55)56)53-51-26-10-12-34(65-3)38(18-26)70(60,61)62/h4-12,17-22H,13-16,23H2,1-3H3,(H,54,55,56)(H,57,58,59)(H,60,61,62)(H3,44,45,46,47,48,49). The fourth-order valence-electron chi connectivity index (χ4n) is 5.83. The number of rotatable bonds is 23. The third kappa shape index (κ3) is 14.8. The average Bonchev–Trinajstić information content (AvgIpc) is 3.30. The lowest BCUT2D eigenvalue weighted by atomic mass is 10.2. The summed E-state index contributed by atoms with van der Waals surface area (Å²) in [6, 6.07) is 22.2. The molecule has 70 heavy (non-hydrogen) atoms. The van der Waals surface area contributed by atoms with Crippen LogP contribution in [-0.2, 0) is 41.6 Å². The van der Waals surface area contributed by atoms with Gasteiger partial charge in [0, 0.05) is 25.8 Å². The summed E-state index contributed by atoms with van der Waals surface area (Å²) in [6.07, 6.45) is 0. The van der Waals surface area contributed by atoms with Crippen molar-refractivity contribution in [3.05, 3.63) is 107 Å². The van der Waals surface area contributed by atoms with E-state index in [-0.39, 0.29) is 105 Å². The molecule has 5 aromatic carbocycles. The van der Waals surface area contributed by atoms with E-state index in [2.05, 4.69) is 51.4 Å². The van der Waals surface area contributed by atoms with Crippen LogP contribution in [0, 0.1) is 0 Å². The van der Waals surface area contributed by atoms with Crippen molar-refractivity contribution in [2.24, 2.45) is 20.5 Å². The number of nitrogens with zero attached hydrogens (tertiary/aromatic N) is 7. The highest BCUT2D eigenvalue weighted by atomic mass is 35.5. The molecule has 0 aliphatic rings. The van der Waals surface area contributed by atoms with Crippen molar-refractivity contribution in [3.8, 4) is 23.0 Å². The van der Waals surface area contributed by atoms with E-state index in [1.54, 1.807) is 0 Å². The van der Waals surface area contributed by atoms with E-state index in [0.29, 0.717) is 0 Å². The van der Waals surface area contributed by atoms with E-state index < -0.39 is 52.5 Å². The molecular weight excluding hydrogens is 1020 g/mol. The second kappa shape index (κ2) is 23.2. The fourth-order valence-corrected chi connectivity index (χ4v) is 7.88. The van der Waals surface area contributed by atoms with E-state index in [0.717, 1.165) is 17.7 Å². The van der Waals surface area contributed by atoms with Gasteiger partial charge in [-0.25, -0.2) is 0 Å². The Hall–Kier alpha value is -6.82. The highest BCUT2D eigenvalue weighted by Gasteiger charge is 2.21. The highest BCUT2D eigenvalue weighted by Crippen LogP contribution is 2.41. The molecule has 0 saturated heterocycles. The van der Waals surface area contributed by atoms with Crippen LogP contribution in [0.2, 0.25) is 10.0 Å². The first kappa shape index (κ1) is 52.5. The number of hydrogen-bond acceptors (Lipinski definition) is 21. The molecule has 0 aliphatic heterocycles. The molecule has 6 aromatic rings. The van der Waals surface area contributed by atoms with Gasteiger partial charge in [0.25, 0.3) is 30.4 Å². The first-order valence-electron chi connectivity index (χ1n) is 19.8. The summed E-state index contributed by atoms with van der Waals surface area (Å²) in [5.41, 5.74) is 1.19. The molecule has 0 bridgehead atoms. The summed E-state index contributed by atoms with van der Waals surface area (Å²) < 4.78 is 127. The Balaban J connectivity index is 1.38. The van der Waals surface area contributed by atoms with Crippen LogP contribution in [0.25, 0.3) is 0 Å². The summed E-state index contributed by atoms with van der Waals surface area (Å²) >= 11 is 13.4. The van der Waals surface area contributed by atoms with Crippen molar-refractivity contribution in [3.63, 3.8) is 0 Å². The summed E-state index contributed by atoms with van der Waals surface area (Å²) in [7, 11) is -9.95. The van der Waals surface area contributed by atoms with Gasteiger partial charge >= 0.3 is 0 Å². The summed E-state index contributed by atoms with van der Waals surface area (Å²) in [4.78, 5) is 12.5. The van der Waals surface area contributed by atoms with Gasteiger partial charge in [-0.15, -0.1) is 10.2 Å². The van der Waals surface area contributed by atoms with Crippen LogP contribution in [0.5, 0.6) is 23.0 Å². The topological polar surface area (TPSA) is 333 Å². The minimum absolute atomic E-state index is 0.0284. The maximum Gasteiger partial charge on any atom is 0.298 e. The van der Waals surface area contributed by atoms with Crippen LogP contribution >= 0.6 is 23.2 Å². The van der Waals surface area contributed by atoms with Crippen molar-refractivity contribution in [2.75, 3.05) is 62.9 Å². The lowest BCUT2D eigenvalue weighted by Crippen LogP contribution is -2.14. The molecule has 0 aliphatic carbocycles. The molecule has 0 saturated carbocycles. The van der Waals surface area contributed by atoms with Gasteiger partial charge in [0.05, 0.1) is 53.6 Å². The van der Waals surface area contributed by atoms with Crippen molar-refractivity contribution >= 4 is 106 Å². The molecule has 1 heterocycles. The second-order valence-corrected chi connectivity index (χ2v) is 19.2. The highest BCUT2D eigenvalue weighted by molar-refractivity contribution is 7.86. The van der Waals surface area contributed by atoms with Crippen LogP contribution in [-0.4, -0.2) is 101 Å². The minimum Gasteiger partial charge on any atom is -0.495 e. The molecule has 24 nitrogen and oxygen atoms in total. The van der Waals surface area contributed by atoms with Gasteiger partial charge in [0.1, 0.15) is 63.1 Å². The summed E-state index contributed by atoms with van der Waals surface area (Å²) in [5.74, 6) is -1.17. The molecule has 29 heteroatoms. The Morgan fingerprint density at radius 2 is 1.03 bits per heavy atom. The fraction of sp³-hybridized carbons (Fsp3) is 0.195. The summed E-state index contributed by atoms with van der Waals surface area (Å²) in [5, 5.41) is 25.6. The molecule has 6 rings (SSSR count). The number of halogens is 2. The zero-order chi connectivity index (χ0) is 50.6. The van der Waals surface area contributed by atoms with Crippen LogP contribution in [0.4, 0.5) is 52.0 Å². The number of ether oxygens (including phenoxy) is 5. The van der Waals surface area contributed by atoms with Crippen molar-refractivity contribution in [2.45, 2.75) is 16.3 Å². The van der Waals surface area contributed by atoms with Crippen molar-refractivity contribution in [1.29, 1.82) is 0 Å². The molecule has 370 valence electrons. The van der Waals surface area contributed by atoms with Crippen molar-refractivity contribution < 1.29 is 62.6 Å². The molecule has 6 N–H and O–H groups in total. The first-order valence-corrected chi connectivity index (χ1v) is 25.1. The Kier molecular flexibility index (Phi) is 17.4. The maximum absolute atomic E-state index is 12.0. The van der Waals surface area contributed by atoms with E-state index in [1.807, 2.05) is 30.3 Å².